The van der Waals surface area contributed by atoms with Gasteiger partial charge in [-0.2, -0.15) is 24.4 Å². The lowest BCUT2D eigenvalue weighted by molar-refractivity contribution is -0.108. The van der Waals surface area contributed by atoms with Crippen LogP contribution in [0, 0.1) is 0 Å². The zero-order chi connectivity index (χ0) is 19.3. The number of carbonyl (C=O) groups excluding carboxylic acids is 1. The van der Waals surface area contributed by atoms with E-state index < -0.39 is 10.8 Å². The van der Waals surface area contributed by atoms with Crippen LogP contribution < -0.4 is 0 Å². The van der Waals surface area contributed by atoms with Crippen molar-refractivity contribution in [3.8, 4) is 0 Å². The third kappa shape index (κ3) is 23.2. The number of hydrogen-bond acceptors (Lipinski definition) is 12. The maximum absolute atomic E-state index is 11.7. The molecule has 1 unspecified atom stereocenters. The molecule has 0 fully saturated rings. The van der Waals surface area contributed by atoms with Gasteiger partial charge in [0.15, 0.2) is 5.12 Å². The standard InChI is InChI=1S/C13H26O3S10/c14-1-2-18-7-24-11-25-13(15)5-20-9-23-10-22-8-19-3-4-26(16)12-21-6-17/h14,17H,1-12H2. The van der Waals surface area contributed by atoms with Gasteiger partial charge in [-0.3, -0.25) is 9.00 Å². The molecule has 0 aliphatic carbocycles. The summed E-state index contributed by atoms with van der Waals surface area (Å²) < 4.78 is 11.6. The molecule has 0 rings (SSSR count). The molecule has 0 aliphatic rings. The van der Waals surface area contributed by atoms with E-state index in [-0.39, 0.29) is 11.7 Å². The first-order valence-electron chi connectivity index (χ1n) is 7.47. The van der Waals surface area contributed by atoms with E-state index >= 15 is 0 Å². The summed E-state index contributed by atoms with van der Waals surface area (Å²) in [6.45, 7) is 0.222. The van der Waals surface area contributed by atoms with Crippen molar-refractivity contribution in [3.63, 3.8) is 0 Å². The van der Waals surface area contributed by atoms with Gasteiger partial charge in [0.25, 0.3) is 0 Å². The summed E-state index contributed by atoms with van der Waals surface area (Å²) in [7, 11) is -0.712. The second-order valence-corrected chi connectivity index (χ2v) is 16.9. The summed E-state index contributed by atoms with van der Waals surface area (Å²) in [4.78, 5) is 11.7. The molecule has 0 saturated heterocycles. The second-order valence-electron chi connectivity index (χ2n) is 4.20. The first-order chi connectivity index (χ1) is 12.7. The zero-order valence-electron chi connectivity index (χ0n) is 14.4. The molecule has 0 radical (unpaired) electrons. The van der Waals surface area contributed by atoms with E-state index in [1.165, 1.54) is 11.8 Å². The maximum atomic E-state index is 11.7. The normalized spacial score (nSPS) is 12.4. The molecule has 0 bridgehead atoms. The van der Waals surface area contributed by atoms with Crippen LogP contribution in [-0.4, -0.2) is 79.6 Å². The summed E-state index contributed by atoms with van der Waals surface area (Å²) in [6, 6.07) is 0. The van der Waals surface area contributed by atoms with Gasteiger partial charge in [-0.15, -0.1) is 70.6 Å². The summed E-state index contributed by atoms with van der Waals surface area (Å²) in [6.07, 6.45) is 0. The fourth-order valence-electron chi connectivity index (χ4n) is 1.14. The van der Waals surface area contributed by atoms with Crippen LogP contribution in [0.15, 0.2) is 0 Å². The minimum Gasteiger partial charge on any atom is -0.396 e. The summed E-state index contributed by atoms with van der Waals surface area (Å²) in [5.41, 5.74) is 0. The fraction of sp³-hybridized carbons (Fsp3) is 0.923. The Balaban J connectivity index is 3.20. The molecule has 0 aromatic carbocycles. The molecule has 0 heterocycles. The van der Waals surface area contributed by atoms with E-state index in [0.717, 1.165) is 47.8 Å². The predicted molar refractivity (Wildman–Crippen MR) is 143 cm³/mol. The molecule has 0 aliphatic heterocycles. The Morgan fingerprint density at radius 1 is 0.846 bits per heavy atom. The molecule has 13 heteroatoms. The Kier molecular flexibility index (Phi) is 26.9. The molecular formula is C13H26O3S10. The van der Waals surface area contributed by atoms with Crippen LogP contribution >= 0.6 is 107 Å². The quantitative estimate of drug-likeness (QED) is 0.125. The highest BCUT2D eigenvalue weighted by Crippen LogP contribution is 2.23. The third-order valence-electron chi connectivity index (χ3n) is 2.19. The molecule has 1 N–H and O–H groups in total. The Morgan fingerprint density at radius 3 is 2.15 bits per heavy atom. The van der Waals surface area contributed by atoms with Crippen LogP contribution in [0.25, 0.3) is 0 Å². The molecule has 156 valence electrons. The lowest BCUT2D eigenvalue weighted by Gasteiger charge is -2.03. The summed E-state index contributed by atoms with van der Waals surface area (Å²) in [5, 5.41) is 15.1. The smallest absolute Gasteiger partial charge is 0.199 e. The van der Waals surface area contributed by atoms with Gasteiger partial charge in [0, 0.05) is 58.6 Å². The summed E-state index contributed by atoms with van der Waals surface area (Å²) >= 11 is 17.8. The van der Waals surface area contributed by atoms with Crippen LogP contribution in [0.1, 0.15) is 0 Å². The molecule has 3 nitrogen and oxygen atoms in total. The van der Waals surface area contributed by atoms with Crippen LogP contribution in [0.4, 0.5) is 0 Å². The second kappa shape index (κ2) is 24.2. The Labute approximate surface area is 200 Å². The van der Waals surface area contributed by atoms with Gasteiger partial charge in [-0.25, -0.2) is 0 Å². The monoisotopic (exact) mass is 550 g/mol. The molecule has 0 aromatic rings. The minimum atomic E-state index is -0.712. The highest BCUT2D eigenvalue weighted by atomic mass is 32.3. The van der Waals surface area contributed by atoms with E-state index in [1.54, 1.807) is 47.0 Å². The molecule has 1 atom stereocenters. The van der Waals surface area contributed by atoms with Crippen molar-refractivity contribution >= 4 is 123 Å². The van der Waals surface area contributed by atoms with Gasteiger partial charge in [0.05, 0.1) is 17.4 Å². The molecule has 0 aromatic heterocycles. The fourth-order valence-corrected chi connectivity index (χ4v) is 12.1. The Hall–Kier alpha value is 2.93. The highest BCUT2D eigenvalue weighted by molar-refractivity contribution is 8.29. The average molecular weight is 551 g/mol. The molecule has 0 spiro atoms. The number of aliphatic hydroxyl groups is 1. The predicted octanol–water partition coefficient (Wildman–Crippen LogP) is 4.75. The van der Waals surface area contributed by atoms with E-state index in [0.29, 0.717) is 10.8 Å². The maximum Gasteiger partial charge on any atom is 0.199 e. The number of thioether (sulfide) groups is 8. The number of thiol groups is 1. The van der Waals surface area contributed by atoms with Crippen LogP contribution in [-0.2, 0) is 15.6 Å². The van der Waals surface area contributed by atoms with Crippen molar-refractivity contribution in [2.75, 3.05) is 65.2 Å². The first kappa shape index (κ1) is 28.9. The SMILES string of the molecule is O=C(CSCSCSCSCCS(=O)CSCS)SCSCSCCO. The van der Waals surface area contributed by atoms with Crippen molar-refractivity contribution < 1.29 is 14.1 Å². The molecule has 26 heavy (non-hydrogen) atoms. The minimum absolute atomic E-state index is 0.222. The number of carbonyl (C=O) groups is 1. The molecule has 0 amide bonds. The molecular weight excluding hydrogens is 525 g/mol. The topological polar surface area (TPSA) is 54.4 Å². The lowest BCUT2D eigenvalue weighted by atomic mass is 10.9. The van der Waals surface area contributed by atoms with Crippen LogP contribution in [0.5, 0.6) is 0 Å². The van der Waals surface area contributed by atoms with Gasteiger partial charge >= 0.3 is 0 Å². The zero-order valence-corrected chi connectivity index (χ0v) is 22.6. The van der Waals surface area contributed by atoms with Crippen molar-refractivity contribution in [3.05, 3.63) is 0 Å². The van der Waals surface area contributed by atoms with Gasteiger partial charge in [-0.05, 0) is 0 Å². The Morgan fingerprint density at radius 2 is 1.46 bits per heavy atom. The van der Waals surface area contributed by atoms with Gasteiger partial charge < -0.3 is 5.11 Å². The lowest BCUT2D eigenvalue weighted by Crippen LogP contribution is -2.02. The van der Waals surface area contributed by atoms with Crippen LogP contribution in [0.3, 0.4) is 0 Å². The van der Waals surface area contributed by atoms with Crippen molar-refractivity contribution in [2.24, 2.45) is 0 Å². The Bertz CT molecular complexity index is 348. The summed E-state index contributed by atoms with van der Waals surface area (Å²) in [5.74, 6) is 3.07. The number of rotatable bonds is 20. The van der Waals surface area contributed by atoms with Gasteiger partial charge in [0.2, 0.25) is 0 Å². The molecule has 0 saturated carbocycles. The number of aliphatic hydroxyl groups excluding tert-OH is 1. The van der Waals surface area contributed by atoms with E-state index in [2.05, 4.69) is 12.6 Å². The largest absolute Gasteiger partial charge is 0.396 e. The number of hydrogen-bond donors (Lipinski definition) is 2. The van der Waals surface area contributed by atoms with Crippen molar-refractivity contribution in [2.45, 2.75) is 0 Å². The third-order valence-corrected chi connectivity index (χ3v) is 14.1. The van der Waals surface area contributed by atoms with E-state index in [4.69, 9.17) is 5.11 Å². The van der Waals surface area contributed by atoms with Gasteiger partial charge in [0.1, 0.15) is 0 Å². The van der Waals surface area contributed by atoms with E-state index in [9.17, 15) is 9.00 Å². The first-order valence-corrected chi connectivity index (χ1v) is 18.7. The van der Waals surface area contributed by atoms with Crippen LogP contribution in [0.2, 0.25) is 0 Å². The average Bonchev–Trinajstić information content (AvgIpc) is 2.64. The highest BCUT2D eigenvalue weighted by Gasteiger charge is 2.03. The van der Waals surface area contributed by atoms with Crippen molar-refractivity contribution in [1.82, 2.24) is 0 Å². The van der Waals surface area contributed by atoms with Crippen molar-refractivity contribution in [1.29, 1.82) is 0 Å². The van der Waals surface area contributed by atoms with E-state index in [1.807, 2.05) is 35.3 Å². The van der Waals surface area contributed by atoms with Gasteiger partial charge in [-0.1, -0.05) is 11.8 Å².